The molecule has 0 unspecified atom stereocenters. The number of carbonyl (C=O) groups is 1. The van der Waals surface area contributed by atoms with E-state index >= 15 is 0 Å². The van der Waals surface area contributed by atoms with E-state index in [4.69, 9.17) is 5.73 Å². The van der Waals surface area contributed by atoms with Gasteiger partial charge in [0.25, 0.3) is 0 Å². The Labute approximate surface area is 83.7 Å². The topological polar surface area (TPSA) is 43.1 Å². The second-order valence-electron chi connectivity index (χ2n) is 1.58. The Kier molecular flexibility index (Phi) is 12.6. The summed E-state index contributed by atoms with van der Waals surface area (Å²) in [6, 6.07) is -0.248. The van der Waals surface area contributed by atoms with Gasteiger partial charge in [0.05, 0.1) is 6.04 Å². The molecule has 0 fully saturated rings. The Morgan fingerprint density at radius 3 is 2.78 bits per heavy atom. The zero-order chi connectivity index (χ0) is 6.41. The minimum atomic E-state index is -0.248. The first-order valence-electron chi connectivity index (χ1n) is 2.51. The fraction of sp³-hybridized carbons (Fsp3) is 0.800. The zero-order valence-corrected chi connectivity index (χ0v) is 8.78. The Morgan fingerprint density at radius 1 is 1.89 bits per heavy atom. The summed E-state index contributed by atoms with van der Waals surface area (Å²) in [5.41, 5.74) is 5.28. The van der Waals surface area contributed by atoms with Crippen LogP contribution in [0.3, 0.4) is 0 Å². The molecule has 1 atom stereocenters. The minimum absolute atomic E-state index is 0. The summed E-state index contributed by atoms with van der Waals surface area (Å²) >= 11 is 1.71. The molecule has 0 rings (SSSR count). The molecule has 50 valence electrons. The fourth-order valence-corrected chi connectivity index (χ4v) is 0.830. The maximum Gasteiger partial charge on any atom is 1.00 e. The number of rotatable bonds is 4. The predicted octanol–water partition coefficient (Wildman–Crippen LogP) is -2.62. The largest absolute Gasteiger partial charge is 1.00 e. The average Bonchev–Trinajstić information content (AvgIpc) is 1.83. The molecule has 2 N–H and O–H groups in total. The summed E-state index contributed by atoms with van der Waals surface area (Å²) in [5.74, 6) is 0.972. The smallest absolute Gasteiger partial charge is 1.00 e. The van der Waals surface area contributed by atoms with E-state index in [2.05, 4.69) is 0 Å². The second kappa shape index (κ2) is 8.98. The molecule has 4 heteroatoms. The van der Waals surface area contributed by atoms with Crippen molar-refractivity contribution >= 4 is 18.0 Å². The SMILES string of the molecule is CSCC[C@H](N)C=O.[H-].[Na+]. The van der Waals surface area contributed by atoms with Crippen molar-refractivity contribution in [3.05, 3.63) is 0 Å². The first kappa shape index (κ1) is 12.6. The van der Waals surface area contributed by atoms with Crippen LogP contribution in [0.2, 0.25) is 0 Å². The molecule has 0 aromatic heterocycles. The van der Waals surface area contributed by atoms with Gasteiger partial charge in [0.15, 0.2) is 0 Å². The summed E-state index contributed by atoms with van der Waals surface area (Å²) in [7, 11) is 0. The van der Waals surface area contributed by atoms with Crippen molar-refractivity contribution in [1.29, 1.82) is 0 Å². The van der Waals surface area contributed by atoms with Gasteiger partial charge >= 0.3 is 29.6 Å². The molecule has 0 bridgehead atoms. The van der Waals surface area contributed by atoms with Gasteiger partial charge in [-0.15, -0.1) is 0 Å². The van der Waals surface area contributed by atoms with Crippen molar-refractivity contribution in [2.45, 2.75) is 12.5 Å². The summed E-state index contributed by atoms with van der Waals surface area (Å²) in [6.07, 6.45) is 3.58. The van der Waals surface area contributed by atoms with Crippen molar-refractivity contribution in [2.75, 3.05) is 12.0 Å². The van der Waals surface area contributed by atoms with Crippen LogP contribution in [-0.4, -0.2) is 24.3 Å². The Hall–Kier alpha value is 0.980. The second-order valence-corrected chi connectivity index (χ2v) is 2.57. The fourth-order valence-electron chi connectivity index (χ4n) is 0.322. The van der Waals surface area contributed by atoms with Crippen LogP contribution in [0.15, 0.2) is 0 Å². The van der Waals surface area contributed by atoms with Gasteiger partial charge in [0.2, 0.25) is 0 Å². The van der Waals surface area contributed by atoms with Gasteiger partial charge in [-0.05, 0) is 18.4 Å². The molecular weight excluding hydrogens is 145 g/mol. The van der Waals surface area contributed by atoms with Crippen molar-refractivity contribution in [3.8, 4) is 0 Å². The first-order valence-corrected chi connectivity index (χ1v) is 3.90. The van der Waals surface area contributed by atoms with Crippen LogP contribution in [-0.2, 0) is 4.79 Å². The quantitative estimate of drug-likeness (QED) is 0.359. The van der Waals surface area contributed by atoms with Gasteiger partial charge < -0.3 is 12.0 Å². The molecule has 0 saturated carbocycles. The van der Waals surface area contributed by atoms with Gasteiger partial charge in [-0.1, -0.05) is 0 Å². The van der Waals surface area contributed by atoms with E-state index in [0.717, 1.165) is 18.5 Å². The van der Waals surface area contributed by atoms with E-state index in [0.29, 0.717) is 0 Å². The Balaban J connectivity index is -0.000000245. The average molecular weight is 157 g/mol. The van der Waals surface area contributed by atoms with E-state index in [1.807, 2.05) is 6.26 Å². The molecule has 0 saturated heterocycles. The zero-order valence-electron chi connectivity index (χ0n) is 6.96. The van der Waals surface area contributed by atoms with E-state index in [-0.39, 0.29) is 37.0 Å². The third kappa shape index (κ3) is 8.98. The third-order valence-electron chi connectivity index (χ3n) is 0.830. The maximum absolute atomic E-state index is 9.88. The maximum atomic E-state index is 9.88. The molecule has 0 radical (unpaired) electrons. The molecule has 9 heavy (non-hydrogen) atoms. The van der Waals surface area contributed by atoms with Crippen molar-refractivity contribution in [2.24, 2.45) is 5.73 Å². The van der Waals surface area contributed by atoms with E-state index in [1.165, 1.54) is 0 Å². The third-order valence-corrected chi connectivity index (χ3v) is 1.47. The molecular formula is C5H12NNaOS. The number of hydrogen-bond donors (Lipinski definition) is 1. The summed E-state index contributed by atoms with van der Waals surface area (Å²) in [5, 5.41) is 0. The van der Waals surface area contributed by atoms with Crippen LogP contribution in [0.25, 0.3) is 0 Å². The monoisotopic (exact) mass is 157 g/mol. The van der Waals surface area contributed by atoms with Gasteiger partial charge in [-0.2, -0.15) is 11.8 Å². The number of aldehydes is 1. The molecule has 0 aliphatic carbocycles. The molecule has 0 amide bonds. The van der Waals surface area contributed by atoms with Gasteiger partial charge in [-0.3, -0.25) is 0 Å². The van der Waals surface area contributed by atoms with E-state index in [1.54, 1.807) is 11.8 Å². The molecule has 0 heterocycles. The normalized spacial score (nSPS) is 11.8. The summed E-state index contributed by atoms with van der Waals surface area (Å²) in [4.78, 5) is 9.88. The molecule has 0 spiro atoms. The number of thioether (sulfide) groups is 1. The summed E-state index contributed by atoms with van der Waals surface area (Å²) < 4.78 is 0. The van der Waals surface area contributed by atoms with E-state index < -0.39 is 0 Å². The molecule has 0 aromatic carbocycles. The van der Waals surface area contributed by atoms with Crippen molar-refractivity contribution < 1.29 is 35.8 Å². The summed E-state index contributed by atoms with van der Waals surface area (Å²) in [6.45, 7) is 0. The van der Waals surface area contributed by atoms with E-state index in [9.17, 15) is 4.79 Å². The van der Waals surface area contributed by atoms with Gasteiger partial charge in [-0.25, -0.2) is 0 Å². The van der Waals surface area contributed by atoms with Crippen molar-refractivity contribution in [3.63, 3.8) is 0 Å². The van der Waals surface area contributed by atoms with Crippen LogP contribution < -0.4 is 35.3 Å². The van der Waals surface area contributed by atoms with Crippen LogP contribution in [0, 0.1) is 0 Å². The molecule has 0 aliphatic rings. The van der Waals surface area contributed by atoms with Gasteiger partial charge in [0.1, 0.15) is 6.29 Å². The van der Waals surface area contributed by atoms with Gasteiger partial charge in [0, 0.05) is 0 Å². The predicted molar refractivity (Wildman–Crippen MR) is 38.2 cm³/mol. The van der Waals surface area contributed by atoms with Crippen LogP contribution >= 0.6 is 11.8 Å². The van der Waals surface area contributed by atoms with Crippen molar-refractivity contribution in [1.82, 2.24) is 0 Å². The first-order chi connectivity index (χ1) is 3.81. The Bertz CT molecular complexity index is 76.7. The standard InChI is InChI=1S/C5H11NOS.Na.H/c1-8-3-2-5(6)4-7;;/h4-5H,2-3,6H2,1H3;;/q;+1;-1/t5-;;/m0../s1. The number of carbonyl (C=O) groups excluding carboxylic acids is 1. The number of hydrogen-bond acceptors (Lipinski definition) is 3. The Morgan fingerprint density at radius 2 is 2.44 bits per heavy atom. The molecule has 0 aliphatic heterocycles. The molecule has 0 aromatic rings. The minimum Gasteiger partial charge on any atom is -1.00 e. The molecule has 2 nitrogen and oxygen atoms in total. The van der Waals surface area contributed by atoms with Crippen LogP contribution in [0.4, 0.5) is 0 Å². The van der Waals surface area contributed by atoms with Crippen LogP contribution in [0.5, 0.6) is 0 Å². The number of nitrogens with two attached hydrogens (primary N) is 1. The van der Waals surface area contributed by atoms with Crippen LogP contribution in [0.1, 0.15) is 7.85 Å².